The number of nitrogens with zero attached hydrogens (tertiary/aromatic N) is 1. The monoisotopic (exact) mass is 243 g/mol. The van der Waals surface area contributed by atoms with E-state index in [1.54, 1.807) is 13.8 Å². The van der Waals surface area contributed by atoms with Gasteiger partial charge in [-0.05, 0) is 32.1 Å². The lowest BCUT2D eigenvalue weighted by molar-refractivity contribution is 0.573. The van der Waals surface area contributed by atoms with Gasteiger partial charge in [-0.25, -0.2) is 13.1 Å². The molecule has 1 aromatic heterocycles. The molecular formula is C10H17N3O2S. The second kappa shape index (κ2) is 3.85. The molecule has 1 aromatic rings. The van der Waals surface area contributed by atoms with Crippen molar-refractivity contribution in [3.63, 3.8) is 0 Å². The lowest BCUT2D eigenvalue weighted by Crippen LogP contribution is -2.27. The summed E-state index contributed by atoms with van der Waals surface area (Å²) in [6.45, 7) is 6.08. The molecule has 2 unspecified atom stereocenters. The summed E-state index contributed by atoms with van der Waals surface area (Å²) in [5, 5.41) is 6.58. The first-order valence-corrected chi connectivity index (χ1v) is 6.91. The predicted octanol–water partition coefficient (Wildman–Crippen LogP) is 0.961. The minimum absolute atomic E-state index is 0.292. The van der Waals surface area contributed by atoms with E-state index >= 15 is 0 Å². The molecule has 1 aliphatic rings. The van der Waals surface area contributed by atoms with Crippen LogP contribution in [-0.4, -0.2) is 25.2 Å². The maximum Gasteiger partial charge on any atom is 0.244 e. The van der Waals surface area contributed by atoms with Crippen LogP contribution >= 0.6 is 0 Å². The van der Waals surface area contributed by atoms with E-state index in [1.807, 2.05) is 0 Å². The zero-order valence-corrected chi connectivity index (χ0v) is 10.6. The number of H-pyrrole nitrogens is 1. The SMILES string of the molecule is Cc1n[nH]c(C)c1S(=O)(=O)NCC1CC1C. The highest BCUT2D eigenvalue weighted by Crippen LogP contribution is 2.37. The van der Waals surface area contributed by atoms with Crippen LogP contribution in [0.25, 0.3) is 0 Å². The molecule has 2 atom stereocenters. The van der Waals surface area contributed by atoms with E-state index < -0.39 is 10.0 Å². The molecule has 5 nitrogen and oxygen atoms in total. The van der Waals surface area contributed by atoms with E-state index in [-0.39, 0.29) is 0 Å². The van der Waals surface area contributed by atoms with E-state index in [0.717, 1.165) is 6.42 Å². The summed E-state index contributed by atoms with van der Waals surface area (Å²) in [4.78, 5) is 0.292. The van der Waals surface area contributed by atoms with Gasteiger partial charge >= 0.3 is 0 Å². The predicted molar refractivity (Wildman–Crippen MR) is 60.5 cm³/mol. The largest absolute Gasteiger partial charge is 0.281 e. The zero-order chi connectivity index (χ0) is 11.9. The van der Waals surface area contributed by atoms with Gasteiger partial charge in [-0.3, -0.25) is 5.10 Å². The van der Waals surface area contributed by atoms with Gasteiger partial charge in [-0.1, -0.05) is 6.92 Å². The highest BCUT2D eigenvalue weighted by molar-refractivity contribution is 7.89. The van der Waals surface area contributed by atoms with Crippen molar-refractivity contribution in [1.29, 1.82) is 0 Å². The van der Waals surface area contributed by atoms with Gasteiger partial charge in [0.1, 0.15) is 4.90 Å². The highest BCUT2D eigenvalue weighted by Gasteiger charge is 2.34. The highest BCUT2D eigenvalue weighted by atomic mass is 32.2. The molecule has 1 aliphatic carbocycles. The molecule has 0 bridgehead atoms. The summed E-state index contributed by atoms with van der Waals surface area (Å²) >= 11 is 0. The molecule has 16 heavy (non-hydrogen) atoms. The Labute approximate surface area is 95.7 Å². The van der Waals surface area contributed by atoms with Crippen LogP contribution in [0.2, 0.25) is 0 Å². The van der Waals surface area contributed by atoms with Crippen LogP contribution in [0.5, 0.6) is 0 Å². The van der Waals surface area contributed by atoms with Crippen LogP contribution in [0.3, 0.4) is 0 Å². The maximum atomic E-state index is 12.0. The summed E-state index contributed by atoms with van der Waals surface area (Å²) in [5.41, 5.74) is 1.11. The molecule has 2 rings (SSSR count). The minimum Gasteiger partial charge on any atom is -0.281 e. The van der Waals surface area contributed by atoms with Crippen LogP contribution in [0, 0.1) is 25.7 Å². The van der Waals surface area contributed by atoms with Crippen molar-refractivity contribution in [1.82, 2.24) is 14.9 Å². The number of rotatable bonds is 4. The average Bonchev–Trinajstić information content (AvgIpc) is 2.78. The fraction of sp³-hybridized carbons (Fsp3) is 0.700. The van der Waals surface area contributed by atoms with Crippen LogP contribution < -0.4 is 4.72 Å². The third kappa shape index (κ3) is 2.12. The quantitative estimate of drug-likeness (QED) is 0.827. The van der Waals surface area contributed by atoms with Crippen molar-refractivity contribution >= 4 is 10.0 Å². The lowest BCUT2D eigenvalue weighted by atomic mass is 10.3. The van der Waals surface area contributed by atoms with Crippen molar-refractivity contribution in [2.45, 2.75) is 32.1 Å². The lowest BCUT2D eigenvalue weighted by Gasteiger charge is -2.05. The molecule has 0 radical (unpaired) electrons. The van der Waals surface area contributed by atoms with Crippen LogP contribution in [0.15, 0.2) is 4.90 Å². The molecule has 0 aromatic carbocycles. The van der Waals surface area contributed by atoms with Gasteiger partial charge in [0, 0.05) is 6.54 Å². The zero-order valence-electron chi connectivity index (χ0n) is 9.74. The number of aromatic amines is 1. The van der Waals surface area contributed by atoms with Crippen LogP contribution in [0.4, 0.5) is 0 Å². The summed E-state index contributed by atoms with van der Waals surface area (Å²) in [7, 11) is -3.40. The molecule has 1 heterocycles. The number of aromatic nitrogens is 2. The van der Waals surface area contributed by atoms with E-state index in [0.29, 0.717) is 34.7 Å². The van der Waals surface area contributed by atoms with Gasteiger partial charge in [0.25, 0.3) is 0 Å². The van der Waals surface area contributed by atoms with E-state index in [2.05, 4.69) is 21.8 Å². The topological polar surface area (TPSA) is 74.8 Å². The number of sulfonamides is 1. The molecule has 0 aliphatic heterocycles. The second-order valence-corrected chi connectivity index (χ2v) is 6.29. The van der Waals surface area contributed by atoms with Gasteiger partial charge in [0.05, 0.1) is 11.4 Å². The van der Waals surface area contributed by atoms with Crippen molar-refractivity contribution in [3.05, 3.63) is 11.4 Å². The molecule has 6 heteroatoms. The first kappa shape index (κ1) is 11.6. The van der Waals surface area contributed by atoms with Crippen LogP contribution in [-0.2, 0) is 10.0 Å². The first-order valence-electron chi connectivity index (χ1n) is 5.43. The smallest absolute Gasteiger partial charge is 0.244 e. The van der Waals surface area contributed by atoms with Crippen LogP contribution in [0.1, 0.15) is 24.7 Å². The molecular weight excluding hydrogens is 226 g/mol. The summed E-state index contributed by atoms with van der Waals surface area (Å²) in [5.74, 6) is 1.15. The summed E-state index contributed by atoms with van der Waals surface area (Å²) in [6, 6.07) is 0. The fourth-order valence-corrected chi connectivity index (χ4v) is 3.37. The fourth-order valence-electron chi connectivity index (χ4n) is 1.91. The Morgan fingerprint density at radius 2 is 2.12 bits per heavy atom. The van der Waals surface area contributed by atoms with Gasteiger partial charge < -0.3 is 0 Å². The Hall–Kier alpha value is -0.880. The number of aryl methyl sites for hydroxylation is 2. The Balaban J connectivity index is 2.12. The molecule has 1 fully saturated rings. The van der Waals surface area contributed by atoms with Gasteiger partial charge in [0.2, 0.25) is 10.0 Å². The van der Waals surface area contributed by atoms with Crippen molar-refractivity contribution in [3.8, 4) is 0 Å². The summed E-state index contributed by atoms with van der Waals surface area (Å²) in [6.07, 6.45) is 1.12. The molecule has 0 spiro atoms. The second-order valence-electron chi connectivity index (χ2n) is 4.59. The Morgan fingerprint density at radius 3 is 2.56 bits per heavy atom. The molecule has 90 valence electrons. The summed E-state index contributed by atoms with van der Waals surface area (Å²) < 4.78 is 26.7. The van der Waals surface area contributed by atoms with Gasteiger partial charge in [-0.15, -0.1) is 0 Å². The molecule has 0 saturated heterocycles. The van der Waals surface area contributed by atoms with Gasteiger partial charge in [-0.2, -0.15) is 5.10 Å². The number of hydrogen-bond acceptors (Lipinski definition) is 3. The van der Waals surface area contributed by atoms with E-state index in [9.17, 15) is 8.42 Å². The Morgan fingerprint density at radius 1 is 1.50 bits per heavy atom. The third-order valence-electron chi connectivity index (χ3n) is 3.14. The Bertz CT molecular complexity index is 473. The molecule has 0 amide bonds. The minimum atomic E-state index is -3.40. The van der Waals surface area contributed by atoms with Gasteiger partial charge in [0.15, 0.2) is 0 Å². The normalized spacial score (nSPS) is 24.7. The van der Waals surface area contributed by atoms with Crippen molar-refractivity contribution < 1.29 is 8.42 Å². The molecule has 2 N–H and O–H groups in total. The van der Waals surface area contributed by atoms with E-state index in [1.165, 1.54) is 0 Å². The van der Waals surface area contributed by atoms with E-state index in [4.69, 9.17) is 0 Å². The van der Waals surface area contributed by atoms with Crippen molar-refractivity contribution in [2.24, 2.45) is 11.8 Å². The first-order chi connectivity index (χ1) is 7.42. The standard InChI is InChI=1S/C10H17N3O2S/c1-6-4-9(6)5-11-16(14,15)10-7(2)12-13-8(10)3/h6,9,11H,4-5H2,1-3H3,(H,12,13). The maximum absolute atomic E-state index is 12.0. The average molecular weight is 243 g/mol. The number of nitrogens with one attached hydrogen (secondary N) is 2. The van der Waals surface area contributed by atoms with Crippen molar-refractivity contribution in [2.75, 3.05) is 6.54 Å². The number of hydrogen-bond donors (Lipinski definition) is 2. The molecule has 1 saturated carbocycles. The third-order valence-corrected chi connectivity index (χ3v) is 4.83. The Kier molecular flexibility index (Phi) is 2.79.